The number of carbonyl (C=O) groups excluding carboxylic acids is 1. The number of aryl methyl sites for hydroxylation is 1. The minimum Gasteiger partial charge on any atom is -0.328 e. The van der Waals surface area contributed by atoms with Crippen molar-refractivity contribution in [3.05, 3.63) is 41.7 Å². The van der Waals surface area contributed by atoms with Gasteiger partial charge in [-0.05, 0) is 25.1 Å². The maximum absolute atomic E-state index is 13.2. The molecule has 23 heavy (non-hydrogen) atoms. The molecule has 1 heterocycles. The quantitative estimate of drug-likeness (QED) is 0.850. The van der Waals surface area contributed by atoms with Gasteiger partial charge in [-0.3, -0.25) is 0 Å². The third-order valence-corrected chi connectivity index (χ3v) is 3.01. The van der Waals surface area contributed by atoms with Crippen LogP contribution < -0.4 is 10.6 Å². The number of carbonyl (C=O) groups is 1. The monoisotopic (exact) mass is 331 g/mol. The van der Waals surface area contributed by atoms with E-state index in [1.165, 1.54) is 6.33 Å². The molecule has 2 amide bonds. The van der Waals surface area contributed by atoms with Crippen molar-refractivity contribution in [3.63, 3.8) is 0 Å². The van der Waals surface area contributed by atoms with Crippen molar-refractivity contribution in [2.45, 2.75) is 19.1 Å². The van der Waals surface area contributed by atoms with Crippen molar-refractivity contribution in [2.24, 2.45) is 7.05 Å². The molecule has 1 atom stereocenters. The van der Waals surface area contributed by atoms with Crippen molar-refractivity contribution in [1.82, 2.24) is 20.1 Å². The highest BCUT2D eigenvalue weighted by Gasteiger charge is 2.34. The minimum atomic E-state index is -4.84. The Morgan fingerprint density at radius 3 is 2.61 bits per heavy atom. The fourth-order valence-corrected chi connectivity index (χ4v) is 1.93. The number of hydrogen-bond donors (Lipinski definition) is 2. The van der Waals surface area contributed by atoms with Gasteiger partial charge in [0.05, 0.1) is 11.6 Å². The summed E-state index contributed by atoms with van der Waals surface area (Å²) in [6.45, 7) is 1.63. The van der Waals surface area contributed by atoms with Gasteiger partial charge in [-0.25, -0.2) is 9.18 Å². The average molecular weight is 331 g/mol. The summed E-state index contributed by atoms with van der Waals surface area (Å²) in [6.07, 6.45) is -3.40. The zero-order valence-corrected chi connectivity index (χ0v) is 12.1. The topological polar surface area (TPSA) is 71.8 Å². The Kier molecular flexibility index (Phi) is 4.52. The molecule has 10 heteroatoms. The lowest BCUT2D eigenvalue weighted by molar-refractivity contribution is -0.139. The molecule has 6 nitrogen and oxygen atoms in total. The first-order valence-electron chi connectivity index (χ1n) is 6.46. The smallest absolute Gasteiger partial charge is 0.328 e. The standard InChI is InChI=1S/C13H13F4N5O/c1-7(11-21-18-6-22(11)2)19-12(23)20-8-3-4-10(14)9(5-8)13(15,16)17/h3-7H,1-2H3,(H2,19,20,23)/t7-/m0/s1. The highest BCUT2D eigenvalue weighted by molar-refractivity contribution is 5.89. The Balaban J connectivity index is 2.07. The number of nitrogens with zero attached hydrogens (tertiary/aromatic N) is 3. The SMILES string of the molecule is C[C@H](NC(=O)Nc1ccc(F)c(C(F)(F)F)c1)c1nncn1C. The number of rotatable bonds is 3. The Morgan fingerprint density at radius 1 is 1.35 bits per heavy atom. The van der Waals surface area contributed by atoms with Gasteiger partial charge in [-0.1, -0.05) is 0 Å². The number of nitrogens with one attached hydrogen (secondary N) is 2. The highest BCUT2D eigenvalue weighted by Crippen LogP contribution is 2.32. The summed E-state index contributed by atoms with van der Waals surface area (Å²) >= 11 is 0. The molecule has 0 radical (unpaired) electrons. The Bertz CT molecular complexity index is 713. The molecule has 0 saturated carbocycles. The largest absolute Gasteiger partial charge is 0.419 e. The second-order valence-corrected chi connectivity index (χ2v) is 4.81. The van der Waals surface area contributed by atoms with E-state index in [9.17, 15) is 22.4 Å². The molecule has 0 fully saturated rings. The van der Waals surface area contributed by atoms with Crippen molar-refractivity contribution in [1.29, 1.82) is 0 Å². The Labute approximate surface area is 128 Å². The molecular weight excluding hydrogens is 318 g/mol. The zero-order valence-electron chi connectivity index (χ0n) is 12.1. The Morgan fingerprint density at radius 2 is 2.04 bits per heavy atom. The molecular formula is C13H13F4N5O. The number of amides is 2. The molecule has 1 aromatic heterocycles. The summed E-state index contributed by atoms with van der Waals surface area (Å²) in [5.41, 5.74) is -1.63. The molecule has 1 aromatic carbocycles. The number of benzene rings is 1. The predicted octanol–water partition coefficient (Wildman–Crippen LogP) is 2.86. The second kappa shape index (κ2) is 6.23. The number of anilines is 1. The third-order valence-electron chi connectivity index (χ3n) is 3.01. The average Bonchev–Trinajstić information content (AvgIpc) is 2.86. The molecule has 0 spiro atoms. The molecule has 0 saturated heterocycles. The van der Waals surface area contributed by atoms with Crippen LogP contribution in [0.4, 0.5) is 28.0 Å². The molecule has 0 aliphatic rings. The third kappa shape index (κ3) is 3.96. The van der Waals surface area contributed by atoms with Gasteiger partial charge < -0.3 is 15.2 Å². The highest BCUT2D eigenvalue weighted by atomic mass is 19.4. The van der Waals surface area contributed by atoms with Crippen molar-refractivity contribution in [3.8, 4) is 0 Å². The van der Waals surface area contributed by atoms with Crippen LogP contribution in [-0.4, -0.2) is 20.8 Å². The van der Waals surface area contributed by atoms with Gasteiger partial charge in [0.2, 0.25) is 0 Å². The van der Waals surface area contributed by atoms with Crippen molar-refractivity contribution >= 4 is 11.7 Å². The maximum atomic E-state index is 13.2. The summed E-state index contributed by atoms with van der Waals surface area (Å²) in [5.74, 6) is -0.939. The molecule has 124 valence electrons. The van der Waals surface area contributed by atoms with Gasteiger partial charge in [-0.2, -0.15) is 13.2 Å². The van der Waals surface area contributed by atoms with Crippen LogP contribution in [0, 0.1) is 5.82 Å². The number of aromatic nitrogens is 3. The van der Waals surface area contributed by atoms with Crippen molar-refractivity contribution in [2.75, 3.05) is 5.32 Å². The van der Waals surface area contributed by atoms with Crippen LogP contribution >= 0.6 is 0 Å². The summed E-state index contributed by atoms with van der Waals surface area (Å²) in [5, 5.41) is 12.2. The first-order chi connectivity index (χ1) is 10.7. The van der Waals surface area contributed by atoms with Crippen LogP contribution in [0.3, 0.4) is 0 Å². The number of hydrogen-bond acceptors (Lipinski definition) is 3. The molecule has 2 aromatic rings. The molecule has 0 aliphatic carbocycles. The Hall–Kier alpha value is -2.65. The normalized spacial score (nSPS) is 12.8. The second-order valence-electron chi connectivity index (χ2n) is 4.81. The van der Waals surface area contributed by atoms with E-state index in [1.54, 1.807) is 18.5 Å². The lowest BCUT2D eigenvalue weighted by Crippen LogP contribution is -2.32. The summed E-state index contributed by atoms with van der Waals surface area (Å²) < 4.78 is 52.6. The van der Waals surface area contributed by atoms with E-state index < -0.39 is 29.6 Å². The maximum Gasteiger partial charge on any atom is 0.419 e. The first-order valence-corrected chi connectivity index (χ1v) is 6.46. The zero-order chi connectivity index (χ0) is 17.2. The van der Waals surface area contributed by atoms with Crippen LogP contribution in [0.2, 0.25) is 0 Å². The predicted molar refractivity (Wildman–Crippen MR) is 73.0 cm³/mol. The van der Waals surface area contributed by atoms with E-state index >= 15 is 0 Å². The van der Waals surface area contributed by atoms with Crippen LogP contribution in [-0.2, 0) is 13.2 Å². The van der Waals surface area contributed by atoms with E-state index in [0.29, 0.717) is 18.0 Å². The summed E-state index contributed by atoms with van der Waals surface area (Å²) in [6, 6.07) is 0.939. The lowest BCUT2D eigenvalue weighted by Gasteiger charge is -2.15. The first kappa shape index (κ1) is 16.7. The van der Waals surface area contributed by atoms with Crippen LogP contribution in [0.25, 0.3) is 0 Å². The van der Waals surface area contributed by atoms with E-state index in [4.69, 9.17) is 0 Å². The van der Waals surface area contributed by atoms with Crippen LogP contribution in [0.15, 0.2) is 24.5 Å². The number of urea groups is 1. The number of halogens is 4. The minimum absolute atomic E-state index is 0.179. The van der Waals surface area contributed by atoms with Gasteiger partial charge >= 0.3 is 12.2 Å². The van der Waals surface area contributed by atoms with Crippen LogP contribution in [0.1, 0.15) is 24.4 Å². The molecule has 0 bridgehead atoms. The van der Waals surface area contributed by atoms with Crippen molar-refractivity contribution < 1.29 is 22.4 Å². The number of alkyl halides is 3. The van der Waals surface area contributed by atoms with Gasteiger partial charge in [0, 0.05) is 12.7 Å². The van der Waals surface area contributed by atoms with E-state index in [1.807, 2.05) is 0 Å². The van der Waals surface area contributed by atoms with Crippen LogP contribution in [0.5, 0.6) is 0 Å². The van der Waals surface area contributed by atoms with Gasteiger partial charge in [0.25, 0.3) is 0 Å². The summed E-state index contributed by atoms with van der Waals surface area (Å²) in [7, 11) is 1.68. The van der Waals surface area contributed by atoms with Gasteiger partial charge in [-0.15, -0.1) is 10.2 Å². The molecule has 0 aliphatic heterocycles. The summed E-state index contributed by atoms with van der Waals surface area (Å²) in [4.78, 5) is 11.8. The van der Waals surface area contributed by atoms with E-state index in [-0.39, 0.29) is 5.69 Å². The lowest BCUT2D eigenvalue weighted by atomic mass is 10.2. The molecule has 0 unspecified atom stereocenters. The molecule has 2 rings (SSSR count). The fraction of sp³-hybridized carbons (Fsp3) is 0.308. The molecule has 2 N–H and O–H groups in total. The van der Waals surface area contributed by atoms with Gasteiger partial charge in [0.15, 0.2) is 5.82 Å². The fourth-order valence-electron chi connectivity index (χ4n) is 1.93. The van der Waals surface area contributed by atoms with E-state index in [0.717, 1.165) is 6.07 Å². The van der Waals surface area contributed by atoms with Gasteiger partial charge in [0.1, 0.15) is 12.1 Å². The van der Waals surface area contributed by atoms with E-state index in [2.05, 4.69) is 20.8 Å².